The quantitative estimate of drug-likeness (QED) is 0.422. The summed E-state index contributed by atoms with van der Waals surface area (Å²) >= 11 is 5.81. The van der Waals surface area contributed by atoms with Crippen LogP contribution in [0.25, 0.3) is 0 Å². The van der Waals surface area contributed by atoms with Crippen LogP contribution in [0.5, 0.6) is 0 Å². The highest BCUT2D eigenvalue weighted by Gasteiger charge is 2.17. The van der Waals surface area contributed by atoms with E-state index in [0.717, 1.165) is 11.8 Å². The van der Waals surface area contributed by atoms with Gasteiger partial charge < -0.3 is 4.74 Å². The van der Waals surface area contributed by atoms with Crippen molar-refractivity contribution >= 4 is 17.6 Å². The normalized spacial score (nSPS) is 11.8. The third-order valence-electron chi connectivity index (χ3n) is 1.50. The summed E-state index contributed by atoms with van der Waals surface area (Å²) in [6.07, 6.45) is 1.07. The fraction of sp³-hybridized carbons (Fsp3) is 0.100. The zero-order chi connectivity index (χ0) is 9.68. The second kappa shape index (κ2) is 4.67. The number of alkyl halides is 1. The van der Waals surface area contributed by atoms with Crippen LogP contribution in [0.2, 0.25) is 0 Å². The molecule has 2 nitrogen and oxygen atoms in total. The number of esters is 1. The van der Waals surface area contributed by atoms with Crippen molar-refractivity contribution < 1.29 is 9.53 Å². The molecule has 0 radical (unpaired) electrons. The van der Waals surface area contributed by atoms with Gasteiger partial charge >= 0.3 is 5.97 Å². The van der Waals surface area contributed by atoms with Crippen molar-refractivity contribution in [1.82, 2.24) is 0 Å². The molecule has 0 N–H and O–H groups in total. The molecule has 1 aromatic carbocycles. The van der Waals surface area contributed by atoms with Gasteiger partial charge in [0.1, 0.15) is 0 Å². The van der Waals surface area contributed by atoms with Gasteiger partial charge in [0.2, 0.25) is 0 Å². The minimum atomic E-state index is -0.765. The summed E-state index contributed by atoms with van der Waals surface area (Å²) in [6.45, 7) is 3.28. The van der Waals surface area contributed by atoms with Crippen molar-refractivity contribution in [2.45, 2.75) is 5.38 Å². The van der Waals surface area contributed by atoms with Crippen molar-refractivity contribution in [3.05, 3.63) is 48.7 Å². The third kappa shape index (κ3) is 2.60. The van der Waals surface area contributed by atoms with Gasteiger partial charge in [-0.3, -0.25) is 0 Å². The molecule has 1 aromatic rings. The number of halogens is 1. The molecule has 0 spiro atoms. The average Bonchev–Trinajstić information content (AvgIpc) is 2.18. The molecule has 0 aliphatic heterocycles. The molecule has 0 aromatic heterocycles. The molecule has 0 aliphatic carbocycles. The van der Waals surface area contributed by atoms with Crippen LogP contribution < -0.4 is 0 Å². The molecule has 0 saturated carbocycles. The maximum Gasteiger partial charge on any atom is 0.333 e. The summed E-state index contributed by atoms with van der Waals surface area (Å²) in [6, 6.07) is 9.01. The van der Waals surface area contributed by atoms with E-state index in [1.165, 1.54) is 0 Å². The molecule has 13 heavy (non-hydrogen) atoms. The third-order valence-corrected chi connectivity index (χ3v) is 1.93. The van der Waals surface area contributed by atoms with Crippen molar-refractivity contribution in [3.8, 4) is 0 Å². The highest BCUT2D eigenvalue weighted by atomic mass is 35.5. The van der Waals surface area contributed by atoms with Gasteiger partial charge in [0.25, 0.3) is 0 Å². The maximum absolute atomic E-state index is 11.1. The summed E-state index contributed by atoms with van der Waals surface area (Å²) in [7, 11) is 0. The molecule has 0 saturated heterocycles. The summed E-state index contributed by atoms with van der Waals surface area (Å²) < 4.78 is 4.55. The van der Waals surface area contributed by atoms with E-state index < -0.39 is 11.3 Å². The van der Waals surface area contributed by atoms with Crippen LogP contribution in [-0.4, -0.2) is 5.97 Å². The Morgan fingerprint density at radius 3 is 2.62 bits per heavy atom. The molecule has 0 fully saturated rings. The molecule has 0 amide bonds. The first-order valence-corrected chi connectivity index (χ1v) is 4.19. The Kier molecular flexibility index (Phi) is 3.53. The van der Waals surface area contributed by atoms with E-state index in [1.54, 1.807) is 12.1 Å². The van der Waals surface area contributed by atoms with Crippen LogP contribution in [0.4, 0.5) is 0 Å². The molecular weight excluding hydrogens is 188 g/mol. The van der Waals surface area contributed by atoms with Gasteiger partial charge in [0, 0.05) is 0 Å². The number of carbonyl (C=O) groups is 1. The van der Waals surface area contributed by atoms with Crippen molar-refractivity contribution in [2.75, 3.05) is 0 Å². The fourth-order valence-corrected chi connectivity index (χ4v) is 1.10. The smallest absolute Gasteiger partial charge is 0.333 e. The standard InChI is InChI=1S/C10H9ClO2/c1-2-13-10(12)9(11)8-6-4-3-5-7-8/h2-7,9H,1H2. The molecule has 0 aliphatic rings. The van der Waals surface area contributed by atoms with Gasteiger partial charge in [-0.1, -0.05) is 36.9 Å². The molecule has 1 unspecified atom stereocenters. The second-order valence-electron chi connectivity index (χ2n) is 2.38. The second-order valence-corrected chi connectivity index (χ2v) is 2.81. The topological polar surface area (TPSA) is 26.3 Å². The van der Waals surface area contributed by atoms with Crippen molar-refractivity contribution in [1.29, 1.82) is 0 Å². The summed E-state index contributed by atoms with van der Waals surface area (Å²) in [5.41, 5.74) is 0.719. The number of rotatable bonds is 3. The predicted octanol–water partition coefficient (Wildman–Crippen LogP) is 2.65. The monoisotopic (exact) mass is 196 g/mol. The zero-order valence-corrected chi connectivity index (χ0v) is 7.70. The first-order chi connectivity index (χ1) is 6.25. The molecule has 1 rings (SSSR count). The van der Waals surface area contributed by atoms with Gasteiger partial charge in [-0.15, -0.1) is 11.6 Å². The van der Waals surface area contributed by atoms with Gasteiger partial charge in [0.15, 0.2) is 5.38 Å². The Morgan fingerprint density at radius 1 is 1.46 bits per heavy atom. The van der Waals surface area contributed by atoms with Crippen molar-refractivity contribution in [2.24, 2.45) is 0 Å². The Balaban J connectivity index is 2.73. The van der Waals surface area contributed by atoms with E-state index in [4.69, 9.17) is 11.6 Å². The Labute approximate surface area is 81.8 Å². The van der Waals surface area contributed by atoms with E-state index in [9.17, 15) is 4.79 Å². The lowest BCUT2D eigenvalue weighted by Gasteiger charge is -2.06. The van der Waals surface area contributed by atoms with Gasteiger partial charge in [-0.05, 0) is 5.56 Å². The molecule has 0 heterocycles. The number of hydrogen-bond acceptors (Lipinski definition) is 2. The van der Waals surface area contributed by atoms with Crippen LogP contribution >= 0.6 is 11.6 Å². The van der Waals surface area contributed by atoms with Gasteiger partial charge in [-0.25, -0.2) is 4.79 Å². The highest BCUT2D eigenvalue weighted by Crippen LogP contribution is 2.21. The molecule has 1 atom stereocenters. The average molecular weight is 197 g/mol. The largest absolute Gasteiger partial charge is 0.434 e. The predicted molar refractivity (Wildman–Crippen MR) is 51.3 cm³/mol. The number of hydrogen-bond donors (Lipinski definition) is 0. The Morgan fingerprint density at radius 2 is 2.08 bits per heavy atom. The number of benzene rings is 1. The molecule has 3 heteroatoms. The van der Waals surface area contributed by atoms with Crippen molar-refractivity contribution in [3.63, 3.8) is 0 Å². The van der Waals surface area contributed by atoms with Crippen LogP contribution in [0.1, 0.15) is 10.9 Å². The van der Waals surface area contributed by atoms with E-state index in [1.807, 2.05) is 18.2 Å². The van der Waals surface area contributed by atoms with Gasteiger partial charge in [0.05, 0.1) is 6.26 Å². The Hall–Kier alpha value is -1.28. The lowest BCUT2D eigenvalue weighted by Crippen LogP contribution is -2.07. The first-order valence-electron chi connectivity index (χ1n) is 3.76. The number of carbonyl (C=O) groups excluding carboxylic acids is 1. The first kappa shape index (κ1) is 9.81. The summed E-state index contributed by atoms with van der Waals surface area (Å²) in [5.74, 6) is -0.511. The van der Waals surface area contributed by atoms with E-state index in [0.29, 0.717) is 0 Å². The minimum Gasteiger partial charge on any atom is -0.434 e. The molecule has 68 valence electrons. The van der Waals surface area contributed by atoms with Crippen LogP contribution in [0.3, 0.4) is 0 Å². The maximum atomic E-state index is 11.1. The minimum absolute atomic E-state index is 0.511. The van der Waals surface area contributed by atoms with Crippen LogP contribution in [-0.2, 0) is 9.53 Å². The SMILES string of the molecule is C=COC(=O)C(Cl)c1ccccc1. The lowest BCUT2D eigenvalue weighted by atomic mass is 10.1. The van der Waals surface area contributed by atoms with E-state index in [-0.39, 0.29) is 0 Å². The fourth-order valence-electron chi connectivity index (χ4n) is 0.900. The van der Waals surface area contributed by atoms with Crippen LogP contribution in [0.15, 0.2) is 43.2 Å². The lowest BCUT2D eigenvalue weighted by molar-refractivity contribution is -0.137. The molecule has 0 bridgehead atoms. The summed E-state index contributed by atoms with van der Waals surface area (Å²) in [4.78, 5) is 11.1. The van der Waals surface area contributed by atoms with Crippen LogP contribution in [0, 0.1) is 0 Å². The number of ether oxygens (including phenoxy) is 1. The highest BCUT2D eigenvalue weighted by molar-refractivity contribution is 6.29. The van der Waals surface area contributed by atoms with Gasteiger partial charge in [-0.2, -0.15) is 0 Å². The Bertz CT molecular complexity index is 295. The molecular formula is C10H9ClO2. The van der Waals surface area contributed by atoms with E-state index in [2.05, 4.69) is 11.3 Å². The summed E-state index contributed by atoms with van der Waals surface area (Å²) in [5, 5.41) is -0.765. The van der Waals surface area contributed by atoms with E-state index >= 15 is 0 Å². The zero-order valence-electron chi connectivity index (χ0n) is 6.94.